The van der Waals surface area contributed by atoms with E-state index in [0.717, 1.165) is 36.4 Å². The van der Waals surface area contributed by atoms with Gasteiger partial charge in [0.2, 0.25) is 0 Å². The Morgan fingerprint density at radius 2 is 1.80 bits per heavy atom. The van der Waals surface area contributed by atoms with Crippen molar-refractivity contribution in [3.05, 3.63) is 58.4 Å². The van der Waals surface area contributed by atoms with Gasteiger partial charge in [-0.1, -0.05) is 23.7 Å². The number of nitrogens with one attached hydrogen (secondary N) is 4. The average molecular weight is 515 g/mol. The van der Waals surface area contributed by atoms with E-state index in [2.05, 4.69) is 21.3 Å². The molecule has 3 aromatic rings. The number of carbonyl (C=O) groups is 2. The second kappa shape index (κ2) is 11.4. The molecule has 1 aliphatic rings. The van der Waals surface area contributed by atoms with Gasteiger partial charge < -0.3 is 30.7 Å². The Morgan fingerprint density at radius 1 is 1.03 bits per heavy atom. The normalized spacial score (nSPS) is 15.2. The maximum atomic E-state index is 13.2. The van der Waals surface area contributed by atoms with Gasteiger partial charge in [0.15, 0.2) is 11.5 Å². The van der Waals surface area contributed by atoms with E-state index in [1.807, 2.05) is 12.1 Å². The zero-order valence-corrected chi connectivity index (χ0v) is 21.0. The molecular formula is C25H27ClN4O4S. The van der Waals surface area contributed by atoms with Gasteiger partial charge in [0.1, 0.15) is 4.88 Å². The average Bonchev–Trinajstić information content (AvgIpc) is 3.28. The third-order valence-corrected chi connectivity index (χ3v) is 7.02. The Labute approximate surface area is 213 Å². The molecule has 0 bridgehead atoms. The maximum Gasteiger partial charge on any atom is 0.323 e. The van der Waals surface area contributed by atoms with Gasteiger partial charge in [0.25, 0.3) is 5.91 Å². The third-order valence-electron chi connectivity index (χ3n) is 5.59. The second-order valence-electron chi connectivity index (χ2n) is 8.03. The van der Waals surface area contributed by atoms with Crippen LogP contribution in [0.3, 0.4) is 0 Å². The molecule has 4 rings (SSSR count). The molecule has 8 nitrogen and oxygen atoms in total. The lowest BCUT2D eigenvalue weighted by molar-refractivity contribution is 0.0935. The molecule has 0 aliphatic carbocycles. The summed E-state index contributed by atoms with van der Waals surface area (Å²) in [6.45, 7) is 1.68. The summed E-state index contributed by atoms with van der Waals surface area (Å²) in [7, 11) is 3.07. The Morgan fingerprint density at radius 3 is 2.49 bits per heavy atom. The van der Waals surface area contributed by atoms with E-state index >= 15 is 0 Å². The summed E-state index contributed by atoms with van der Waals surface area (Å²) >= 11 is 7.35. The van der Waals surface area contributed by atoms with Crippen molar-refractivity contribution in [1.29, 1.82) is 0 Å². The molecule has 3 amide bonds. The number of hydrogen-bond acceptors (Lipinski definition) is 6. The van der Waals surface area contributed by atoms with E-state index in [9.17, 15) is 9.59 Å². The first-order valence-electron chi connectivity index (χ1n) is 11.2. The number of anilines is 2. The number of amides is 3. The molecule has 1 fully saturated rings. The van der Waals surface area contributed by atoms with Crippen LogP contribution in [0.25, 0.3) is 10.4 Å². The molecule has 1 aliphatic heterocycles. The van der Waals surface area contributed by atoms with E-state index < -0.39 is 6.03 Å². The van der Waals surface area contributed by atoms with Gasteiger partial charge in [-0.25, -0.2) is 4.79 Å². The maximum absolute atomic E-state index is 13.2. The number of thiophene rings is 1. The minimum Gasteiger partial charge on any atom is -0.493 e. The van der Waals surface area contributed by atoms with Crippen molar-refractivity contribution < 1.29 is 19.1 Å². The lowest BCUT2D eigenvalue weighted by Crippen LogP contribution is -2.45. The lowest BCUT2D eigenvalue weighted by Gasteiger charge is -2.23. The summed E-state index contributed by atoms with van der Waals surface area (Å²) in [5, 5.41) is 12.6. The minimum atomic E-state index is -0.481. The van der Waals surface area contributed by atoms with Gasteiger partial charge in [-0.05, 0) is 55.3 Å². The highest BCUT2D eigenvalue weighted by molar-refractivity contribution is 7.18. The molecule has 35 heavy (non-hydrogen) atoms. The number of urea groups is 1. The van der Waals surface area contributed by atoms with Gasteiger partial charge in [0.05, 0.1) is 19.9 Å². The third kappa shape index (κ3) is 6.25. The highest BCUT2D eigenvalue weighted by atomic mass is 35.5. The zero-order chi connectivity index (χ0) is 24.8. The van der Waals surface area contributed by atoms with E-state index in [0.29, 0.717) is 32.8 Å². The quantitative estimate of drug-likeness (QED) is 0.347. The van der Waals surface area contributed by atoms with Crippen molar-refractivity contribution in [2.75, 3.05) is 37.9 Å². The van der Waals surface area contributed by atoms with Crippen LogP contribution in [0.5, 0.6) is 11.5 Å². The summed E-state index contributed by atoms with van der Waals surface area (Å²) in [5.74, 6) is 0.831. The molecule has 4 N–H and O–H groups in total. The summed E-state index contributed by atoms with van der Waals surface area (Å²) in [6.07, 6.45) is 1.92. The molecule has 10 heteroatoms. The predicted molar refractivity (Wildman–Crippen MR) is 140 cm³/mol. The molecule has 2 heterocycles. The fourth-order valence-electron chi connectivity index (χ4n) is 3.83. The number of rotatable bonds is 7. The van der Waals surface area contributed by atoms with Crippen molar-refractivity contribution in [2.45, 2.75) is 18.9 Å². The number of halogens is 1. The van der Waals surface area contributed by atoms with Crippen LogP contribution in [0.1, 0.15) is 22.5 Å². The fraction of sp³-hybridized carbons (Fsp3) is 0.280. The molecule has 1 saturated heterocycles. The Hall–Kier alpha value is -3.27. The molecule has 184 valence electrons. The monoisotopic (exact) mass is 514 g/mol. The van der Waals surface area contributed by atoms with Gasteiger partial charge in [0, 0.05) is 34.2 Å². The SMILES string of the molecule is COc1ccc(NC(=O)Nc2cc(-c3ccc(Cl)cc3)sc2C(=O)N[C@H]2CCCNC2)cc1OC. The van der Waals surface area contributed by atoms with Crippen LogP contribution >= 0.6 is 22.9 Å². The first-order valence-corrected chi connectivity index (χ1v) is 12.4. The van der Waals surface area contributed by atoms with Crippen LogP contribution in [-0.4, -0.2) is 45.3 Å². The van der Waals surface area contributed by atoms with E-state index in [-0.39, 0.29) is 11.9 Å². The number of hydrogen-bond donors (Lipinski definition) is 4. The first-order chi connectivity index (χ1) is 17.0. The van der Waals surface area contributed by atoms with Gasteiger partial charge in [-0.2, -0.15) is 0 Å². The highest BCUT2D eigenvalue weighted by Crippen LogP contribution is 2.36. The lowest BCUT2D eigenvalue weighted by atomic mass is 10.1. The highest BCUT2D eigenvalue weighted by Gasteiger charge is 2.22. The summed E-state index contributed by atoms with van der Waals surface area (Å²) in [5.41, 5.74) is 1.85. The number of carbonyl (C=O) groups excluding carboxylic acids is 2. The van der Waals surface area contributed by atoms with Crippen molar-refractivity contribution in [3.63, 3.8) is 0 Å². The summed E-state index contributed by atoms with van der Waals surface area (Å²) in [4.78, 5) is 27.3. The van der Waals surface area contributed by atoms with E-state index in [1.54, 1.807) is 43.5 Å². The predicted octanol–water partition coefficient (Wildman–Crippen LogP) is 5.21. The first kappa shape index (κ1) is 24.8. The van der Waals surface area contributed by atoms with Crippen LogP contribution in [0.15, 0.2) is 48.5 Å². The van der Waals surface area contributed by atoms with E-state index in [4.69, 9.17) is 21.1 Å². The molecule has 0 spiro atoms. The minimum absolute atomic E-state index is 0.0470. The Kier molecular flexibility index (Phi) is 8.12. The van der Waals surface area contributed by atoms with Crippen LogP contribution in [0.4, 0.5) is 16.2 Å². The van der Waals surface area contributed by atoms with Gasteiger partial charge >= 0.3 is 6.03 Å². The fourth-order valence-corrected chi connectivity index (χ4v) is 4.98. The van der Waals surface area contributed by atoms with Gasteiger partial charge in [-0.15, -0.1) is 11.3 Å². The van der Waals surface area contributed by atoms with Crippen LogP contribution in [-0.2, 0) is 0 Å². The number of methoxy groups -OCH3 is 2. The largest absolute Gasteiger partial charge is 0.493 e. The van der Waals surface area contributed by atoms with Crippen molar-refractivity contribution in [2.24, 2.45) is 0 Å². The second-order valence-corrected chi connectivity index (χ2v) is 9.51. The zero-order valence-electron chi connectivity index (χ0n) is 19.4. The summed E-state index contributed by atoms with van der Waals surface area (Å²) < 4.78 is 10.5. The summed E-state index contributed by atoms with van der Waals surface area (Å²) in [6, 6.07) is 13.8. The smallest absolute Gasteiger partial charge is 0.323 e. The van der Waals surface area contributed by atoms with Crippen molar-refractivity contribution in [3.8, 4) is 21.9 Å². The number of ether oxygens (including phenoxy) is 2. The molecule has 0 radical (unpaired) electrons. The topological polar surface area (TPSA) is 101 Å². The van der Waals surface area contributed by atoms with Gasteiger partial charge in [-0.3, -0.25) is 4.79 Å². The Balaban J connectivity index is 1.56. The van der Waals surface area contributed by atoms with Crippen LogP contribution in [0.2, 0.25) is 5.02 Å². The van der Waals surface area contributed by atoms with Crippen LogP contribution < -0.4 is 30.7 Å². The van der Waals surface area contributed by atoms with Crippen molar-refractivity contribution in [1.82, 2.24) is 10.6 Å². The number of benzene rings is 2. The molecular weight excluding hydrogens is 488 g/mol. The molecule has 1 aromatic heterocycles. The molecule has 0 unspecified atom stereocenters. The van der Waals surface area contributed by atoms with Crippen molar-refractivity contribution >= 4 is 46.3 Å². The molecule has 1 atom stereocenters. The molecule has 0 saturated carbocycles. The molecule has 2 aromatic carbocycles. The van der Waals surface area contributed by atoms with Crippen LogP contribution in [0, 0.1) is 0 Å². The number of piperidine rings is 1. The standard InChI is InChI=1S/C25H27ClN4O4S/c1-33-20-10-9-17(12-21(20)34-2)29-25(32)30-19-13-22(15-5-7-16(26)8-6-15)35-23(19)24(31)28-18-4-3-11-27-14-18/h5-10,12-13,18,27H,3-4,11,14H2,1-2H3,(H,28,31)(H2,29,30,32)/t18-/m0/s1. The van der Waals surface area contributed by atoms with E-state index in [1.165, 1.54) is 18.4 Å². The Bertz CT molecular complexity index is 1190.